The van der Waals surface area contributed by atoms with E-state index in [4.69, 9.17) is 21.4 Å². The van der Waals surface area contributed by atoms with Gasteiger partial charge in [-0.25, -0.2) is 5.01 Å². The fourth-order valence-electron chi connectivity index (χ4n) is 3.63. The summed E-state index contributed by atoms with van der Waals surface area (Å²) in [5, 5.41) is 20.5. The van der Waals surface area contributed by atoms with Gasteiger partial charge in [0.2, 0.25) is 6.23 Å². The van der Waals surface area contributed by atoms with Crippen molar-refractivity contribution in [3.05, 3.63) is 91.1 Å². The van der Waals surface area contributed by atoms with E-state index in [0.29, 0.717) is 5.02 Å². The van der Waals surface area contributed by atoms with E-state index in [9.17, 15) is 10.1 Å². The number of non-ortho nitro benzene ring substituents is 1. The van der Waals surface area contributed by atoms with Crippen LogP contribution < -0.4 is 4.74 Å². The van der Waals surface area contributed by atoms with Crippen molar-refractivity contribution >= 4 is 34.3 Å². The molecule has 5 rings (SSSR count). The number of benzene rings is 2. The number of ether oxygens (including phenoxy) is 1. The van der Waals surface area contributed by atoms with E-state index in [1.807, 2.05) is 28.6 Å². The zero-order valence-corrected chi connectivity index (χ0v) is 16.1. The summed E-state index contributed by atoms with van der Waals surface area (Å²) < 4.78 is 6.25. The Labute approximate surface area is 169 Å². The van der Waals surface area contributed by atoms with E-state index in [1.54, 1.807) is 29.5 Å². The van der Waals surface area contributed by atoms with Crippen molar-refractivity contribution in [3.8, 4) is 5.75 Å². The maximum atomic E-state index is 11.0. The van der Waals surface area contributed by atoms with Crippen molar-refractivity contribution in [2.45, 2.75) is 18.7 Å². The van der Waals surface area contributed by atoms with Crippen LogP contribution in [0.4, 0.5) is 5.69 Å². The fourth-order valence-corrected chi connectivity index (χ4v) is 4.53. The summed E-state index contributed by atoms with van der Waals surface area (Å²) in [4.78, 5) is 11.7. The van der Waals surface area contributed by atoms with Crippen LogP contribution in [0, 0.1) is 10.1 Å². The quantitative estimate of drug-likeness (QED) is 0.418. The van der Waals surface area contributed by atoms with Gasteiger partial charge in [-0.2, -0.15) is 5.10 Å². The van der Waals surface area contributed by atoms with Gasteiger partial charge in [-0.05, 0) is 41.8 Å². The van der Waals surface area contributed by atoms with Gasteiger partial charge in [0.15, 0.2) is 0 Å². The van der Waals surface area contributed by atoms with E-state index >= 15 is 0 Å². The Bertz CT molecular complexity index is 1080. The number of hydrazone groups is 1. The van der Waals surface area contributed by atoms with Crippen LogP contribution in [0.1, 0.15) is 34.7 Å². The van der Waals surface area contributed by atoms with Crippen LogP contribution in [0.25, 0.3) is 0 Å². The number of fused-ring (bicyclic) bond motifs is 3. The van der Waals surface area contributed by atoms with Crippen LogP contribution in [0.5, 0.6) is 5.75 Å². The molecule has 2 atom stereocenters. The smallest absolute Gasteiger partial charge is 0.269 e. The number of hydrogen-bond donors (Lipinski definition) is 0. The van der Waals surface area contributed by atoms with Gasteiger partial charge in [0, 0.05) is 34.7 Å². The highest BCUT2D eigenvalue weighted by molar-refractivity contribution is 7.12. The van der Waals surface area contributed by atoms with Crippen molar-refractivity contribution < 1.29 is 9.66 Å². The number of halogens is 1. The van der Waals surface area contributed by atoms with Crippen LogP contribution in [-0.4, -0.2) is 15.6 Å². The third-order valence-corrected chi connectivity index (χ3v) is 6.10. The Morgan fingerprint density at radius 1 is 1.21 bits per heavy atom. The average Bonchev–Trinajstić information content (AvgIpc) is 3.37. The molecule has 0 saturated carbocycles. The van der Waals surface area contributed by atoms with Gasteiger partial charge in [0.25, 0.3) is 5.69 Å². The van der Waals surface area contributed by atoms with Gasteiger partial charge in [0.1, 0.15) is 5.75 Å². The molecule has 0 spiro atoms. The SMILES string of the molecule is O=[N+]([O-])c1ccc([C@@H]2Oc3ccc(Cl)cc3[C@H]3CC(c4cccs4)=NN32)cc1. The zero-order chi connectivity index (χ0) is 19.3. The molecule has 1 aromatic heterocycles. The topological polar surface area (TPSA) is 68.0 Å². The molecule has 2 aromatic carbocycles. The number of hydrogen-bond acceptors (Lipinski definition) is 6. The predicted molar refractivity (Wildman–Crippen MR) is 108 cm³/mol. The lowest BCUT2D eigenvalue weighted by atomic mass is 9.97. The minimum absolute atomic E-state index is 0.000239. The first-order valence-electron chi connectivity index (χ1n) is 8.70. The second kappa shape index (κ2) is 6.61. The van der Waals surface area contributed by atoms with Crippen molar-refractivity contribution in [3.63, 3.8) is 0 Å². The minimum Gasteiger partial charge on any atom is -0.464 e. The number of nitro benzene ring substituents is 1. The fraction of sp³-hybridized carbons (Fsp3) is 0.150. The van der Waals surface area contributed by atoms with Crippen molar-refractivity contribution in [1.82, 2.24) is 5.01 Å². The van der Waals surface area contributed by atoms with Gasteiger partial charge < -0.3 is 4.74 Å². The number of nitro groups is 1. The largest absolute Gasteiger partial charge is 0.464 e. The van der Waals surface area contributed by atoms with Crippen LogP contribution in [-0.2, 0) is 0 Å². The first-order chi connectivity index (χ1) is 13.6. The van der Waals surface area contributed by atoms with Gasteiger partial charge in [-0.3, -0.25) is 10.1 Å². The molecule has 0 unspecified atom stereocenters. The third kappa shape index (κ3) is 2.83. The molecule has 6 nitrogen and oxygen atoms in total. The van der Waals surface area contributed by atoms with E-state index in [1.165, 1.54) is 12.1 Å². The first-order valence-corrected chi connectivity index (χ1v) is 9.96. The predicted octanol–water partition coefficient (Wildman–Crippen LogP) is 5.55. The molecule has 140 valence electrons. The van der Waals surface area contributed by atoms with Gasteiger partial charge in [0.05, 0.1) is 21.6 Å². The summed E-state index contributed by atoms with van der Waals surface area (Å²) >= 11 is 7.88. The van der Waals surface area contributed by atoms with Crippen LogP contribution in [0.3, 0.4) is 0 Å². The molecule has 2 aliphatic heterocycles. The number of rotatable bonds is 3. The lowest BCUT2D eigenvalue weighted by molar-refractivity contribution is -0.384. The average molecular weight is 412 g/mol. The summed E-state index contributed by atoms with van der Waals surface area (Å²) in [6.07, 6.45) is 0.290. The zero-order valence-electron chi connectivity index (χ0n) is 14.5. The highest BCUT2D eigenvalue weighted by Gasteiger charge is 2.41. The highest BCUT2D eigenvalue weighted by Crippen LogP contribution is 2.48. The lowest BCUT2D eigenvalue weighted by Crippen LogP contribution is -2.33. The second-order valence-corrected chi connectivity index (χ2v) is 8.01. The molecule has 0 fully saturated rings. The summed E-state index contributed by atoms with van der Waals surface area (Å²) in [5.74, 6) is 0.761. The number of thiophene rings is 1. The molecule has 28 heavy (non-hydrogen) atoms. The summed E-state index contributed by atoms with van der Waals surface area (Å²) in [7, 11) is 0. The van der Waals surface area contributed by atoms with Crippen LogP contribution >= 0.6 is 22.9 Å². The molecule has 0 bridgehead atoms. The molecule has 0 saturated heterocycles. The molecular weight excluding hydrogens is 398 g/mol. The van der Waals surface area contributed by atoms with Crippen LogP contribution in [0.2, 0.25) is 5.02 Å². The molecule has 0 aliphatic carbocycles. The van der Waals surface area contributed by atoms with E-state index < -0.39 is 11.2 Å². The molecule has 3 heterocycles. The van der Waals surface area contributed by atoms with Gasteiger partial charge in [-0.15, -0.1) is 11.3 Å². The Morgan fingerprint density at radius 3 is 2.75 bits per heavy atom. The molecule has 2 aliphatic rings. The summed E-state index contributed by atoms with van der Waals surface area (Å²) in [6, 6.07) is 16.1. The van der Waals surface area contributed by atoms with Crippen molar-refractivity contribution in [1.29, 1.82) is 0 Å². The summed E-state index contributed by atoms with van der Waals surface area (Å²) in [6.45, 7) is 0. The number of nitrogens with zero attached hydrogens (tertiary/aromatic N) is 3. The monoisotopic (exact) mass is 411 g/mol. The molecule has 8 heteroatoms. The summed E-state index contributed by atoms with van der Waals surface area (Å²) in [5.41, 5.74) is 2.86. The maximum Gasteiger partial charge on any atom is 0.269 e. The second-order valence-electron chi connectivity index (χ2n) is 6.62. The minimum atomic E-state index is -0.461. The molecule has 0 amide bonds. The molecule has 0 radical (unpaired) electrons. The maximum absolute atomic E-state index is 11.0. The third-order valence-electron chi connectivity index (χ3n) is 4.95. The lowest BCUT2D eigenvalue weighted by Gasteiger charge is -2.38. The normalized spacial score (nSPS) is 20.2. The Balaban J connectivity index is 1.58. The van der Waals surface area contributed by atoms with Crippen LogP contribution in [0.15, 0.2) is 65.1 Å². The highest BCUT2D eigenvalue weighted by atomic mass is 35.5. The van der Waals surface area contributed by atoms with Crippen molar-refractivity contribution in [2.24, 2.45) is 5.10 Å². The Morgan fingerprint density at radius 2 is 2.04 bits per heavy atom. The standard InChI is InChI=1S/C20H14ClN3O3S/c21-13-5-8-18-15(10-13)17-11-16(19-2-1-9-28-19)22-23(17)20(27-18)12-3-6-14(7-4-12)24(25)26/h1-10,17,20H,11H2/t17-,20+/m1/s1. The van der Waals surface area contributed by atoms with Crippen molar-refractivity contribution in [2.75, 3.05) is 0 Å². The van der Waals surface area contributed by atoms with E-state index in [0.717, 1.165) is 33.9 Å². The van der Waals surface area contributed by atoms with E-state index in [2.05, 4.69) is 6.07 Å². The van der Waals surface area contributed by atoms with Gasteiger partial charge in [-0.1, -0.05) is 17.7 Å². The van der Waals surface area contributed by atoms with E-state index in [-0.39, 0.29) is 11.7 Å². The Kier molecular flexibility index (Phi) is 4.07. The van der Waals surface area contributed by atoms with Gasteiger partial charge >= 0.3 is 0 Å². The molecule has 3 aromatic rings. The molecular formula is C20H14ClN3O3S. The Hall–Kier alpha value is -2.90. The molecule has 0 N–H and O–H groups in total. The first kappa shape index (κ1) is 17.2.